The topological polar surface area (TPSA) is 32.3 Å². The number of piperidine rings is 1. The molecule has 25 heavy (non-hydrogen) atoms. The summed E-state index contributed by atoms with van der Waals surface area (Å²) in [6.07, 6.45) is 4.51. The second-order valence-electron chi connectivity index (χ2n) is 7.13. The van der Waals surface area contributed by atoms with Crippen molar-refractivity contribution in [1.29, 1.82) is 0 Å². The molecule has 1 N–H and O–H groups in total. The Hall–Kier alpha value is -1.36. The zero-order valence-electron chi connectivity index (χ0n) is 14.2. The van der Waals surface area contributed by atoms with Gasteiger partial charge < -0.3 is 5.32 Å². The fourth-order valence-electron chi connectivity index (χ4n) is 3.55. The van der Waals surface area contributed by atoms with Crippen LogP contribution in [0.25, 0.3) is 0 Å². The minimum atomic E-state index is 0.132. The number of amides is 1. The summed E-state index contributed by atoms with van der Waals surface area (Å²) in [5, 5.41) is 6.10. The Bertz CT molecular complexity index is 730. The van der Waals surface area contributed by atoms with E-state index in [1.165, 1.54) is 24.0 Å². The fourth-order valence-corrected chi connectivity index (χ4v) is 4.57. The molecule has 5 heteroatoms. The first-order valence-electron chi connectivity index (χ1n) is 9.04. The molecule has 2 fully saturated rings. The number of rotatable bonds is 5. The first-order valence-corrected chi connectivity index (χ1v) is 10.3. The van der Waals surface area contributed by atoms with E-state index < -0.39 is 0 Å². The quantitative estimate of drug-likeness (QED) is 0.824. The maximum absolute atomic E-state index is 12.6. The van der Waals surface area contributed by atoms with Crippen molar-refractivity contribution >= 4 is 28.8 Å². The molecule has 1 aliphatic heterocycles. The van der Waals surface area contributed by atoms with E-state index in [4.69, 9.17) is 11.6 Å². The van der Waals surface area contributed by atoms with E-state index >= 15 is 0 Å². The standard InChI is InChI=1S/C20H23ClN2OS/c21-16-5-1-14(2-6-16)13-23-10-7-17(8-11-23)22-20(24)19-18(9-12-25-19)15-3-4-15/h1-2,5-6,9,12,15,17H,3-4,7-8,10-11,13H2,(H,22,24). The third-order valence-electron chi connectivity index (χ3n) is 5.16. The van der Waals surface area contributed by atoms with E-state index in [0.717, 1.165) is 42.4 Å². The molecule has 2 heterocycles. The third-order valence-corrected chi connectivity index (χ3v) is 6.34. The van der Waals surface area contributed by atoms with Crippen LogP contribution >= 0.6 is 22.9 Å². The SMILES string of the molecule is O=C(NC1CCN(Cc2ccc(Cl)cc2)CC1)c1sccc1C1CC1. The van der Waals surface area contributed by atoms with Gasteiger partial charge in [-0.2, -0.15) is 0 Å². The van der Waals surface area contributed by atoms with Crippen molar-refractivity contribution in [2.45, 2.75) is 44.2 Å². The summed E-state index contributed by atoms with van der Waals surface area (Å²) in [6.45, 7) is 3.00. The van der Waals surface area contributed by atoms with Crippen LogP contribution in [0.4, 0.5) is 0 Å². The van der Waals surface area contributed by atoms with Gasteiger partial charge in [0.05, 0.1) is 4.88 Å². The first-order chi connectivity index (χ1) is 12.2. The predicted molar refractivity (Wildman–Crippen MR) is 104 cm³/mol. The normalized spacial score (nSPS) is 19.1. The van der Waals surface area contributed by atoms with Crippen LogP contribution in [0.15, 0.2) is 35.7 Å². The lowest BCUT2D eigenvalue weighted by Gasteiger charge is -2.32. The van der Waals surface area contributed by atoms with Gasteiger partial charge in [-0.3, -0.25) is 9.69 Å². The number of halogens is 1. The number of hydrogen-bond donors (Lipinski definition) is 1. The Balaban J connectivity index is 1.27. The summed E-state index contributed by atoms with van der Waals surface area (Å²) >= 11 is 7.53. The van der Waals surface area contributed by atoms with E-state index in [9.17, 15) is 4.79 Å². The van der Waals surface area contributed by atoms with Crippen molar-refractivity contribution in [1.82, 2.24) is 10.2 Å². The van der Waals surface area contributed by atoms with Crippen molar-refractivity contribution in [2.24, 2.45) is 0 Å². The molecule has 0 radical (unpaired) electrons. The minimum absolute atomic E-state index is 0.132. The minimum Gasteiger partial charge on any atom is -0.349 e. The van der Waals surface area contributed by atoms with E-state index in [-0.39, 0.29) is 5.91 Å². The Morgan fingerprint density at radius 2 is 1.84 bits per heavy atom. The zero-order valence-corrected chi connectivity index (χ0v) is 15.8. The van der Waals surface area contributed by atoms with Crippen LogP contribution in [0, 0.1) is 0 Å². The van der Waals surface area contributed by atoms with Crippen molar-refractivity contribution in [2.75, 3.05) is 13.1 Å². The van der Waals surface area contributed by atoms with E-state index in [2.05, 4.69) is 33.8 Å². The van der Waals surface area contributed by atoms with Crippen LogP contribution in [0.2, 0.25) is 5.02 Å². The average molecular weight is 375 g/mol. The monoisotopic (exact) mass is 374 g/mol. The third kappa shape index (κ3) is 4.25. The lowest BCUT2D eigenvalue weighted by atomic mass is 10.0. The van der Waals surface area contributed by atoms with Gasteiger partial charge in [0, 0.05) is 30.7 Å². The van der Waals surface area contributed by atoms with Crippen molar-refractivity contribution in [3.63, 3.8) is 0 Å². The van der Waals surface area contributed by atoms with Crippen LogP contribution in [-0.2, 0) is 6.54 Å². The van der Waals surface area contributed by atoms with E-state index in [0.29, 0.717) is 12.0 Å². The summed E-state index contributed by atoms with van der Waals surface area (Å²) in [4.78, 5) is 16.0. The highest BCUT2D eigenvalue weighted by Gasteiger charge is 2.30. The van der Waals surface area contributed by atoms with Gasteiger partial charge in [-0.1, -0.05) is 23.7 Å². The van der Waals surface area contributed by atoms with Crippen LogP contribution in [-0.4, -0.2) is 29.9 Å². The van der Waals surface area contributed by atoms with Crippen LogP contribution in [0.5, 0.6) is 0 Å². The summed E-state index contributed by atoms with van der Waals surface area (Å²) in [6, 6.07) is 10.5. The largest absolute Gasteiger partial charge is 0.349 e. The smallest absolute Gasteiger partial charge is 0.261 e. The maximum Gasteiger partial charge on any atom is 0.261 e. The highest BCUT2D eigenvalue weighted by atomic mass is 35.5. The van der Waals surface area contributed by atoms with Crippen molar-refractivity contribution in [3.8, 4) is 0 Å². The number of carbonyl (C=O) groups excluding carboxylic acids is 1. The molecule has 3 nitrogen and oxygen atoms in total. The molecule has 0 bridgehead atoms. The molecule has 4 rings (SSSR count). The highest BCUT2D eigenvalue weighted by molar-refractivity contribution is 7.12. The van der Waals surface area contributed by atoms with Gasteiger partial charge in [-0.15, -0.1) is 11.3 Å². The molecule has 1 aliphatic carbocycles. The molecule has 1 amide bonds. The van der Waals surface area contributed by atoms with Gasteiger partial charge in [0.1, 0.15) is 0 Å². The second kappa shape index (κ2) is 7.48. The summed E-state index contributed by atoms with van der Waals surface area (Å²) < 4.78 is 0. The fraction of sp³-hybridized carbons (Fsp3) is 0.450. The Labute approximate surface area is 158 Å². The highest BCUT2D eigenvalue weighted by Crippen LogP contribution is 2.43. The van der Waals surface area contributed by atoms with Gasteiger partial charge >= 0.3 is 0 Å². The number of carbonyl (C=O) groups is 1. The Morgan fingerprint density at radius 1 is 1.12 bits per heavy atom. The molecule has 1 aromatic carbocycles. The number of hydrogen-bond acceptors (Lipinski definition) is 3. The molecule has 2 aromatic rings. The van der Waals surface area contributed by atoms with Gasteiger partial charge in [-0.25, -0.2) is 0 Å². The van der Waals surface area contributed by atoms with Gasteiger partial charge in [0.15, 0.2) is 0 Å². The van der Waals surface area contributed by atoms with Crippen LogP contribution in [0.3, 0.4) is 0 Å². The van der Waals surface area contributed by atoms with Crippen molar-refractivity contribution in [3.05, 3.63) is 56.7 Å². The lowest BCUT2D eigenvalue weighted by Crippen LogP contribution is -2.44. The number of nitrogens with one attached hydrogen (secondary N) is 1. The van der Waals surface area contributed by atoms with Crippen LogP contribution in [0.1, 0.15) is 52.4 Å². The number of nitrogens with zero attached hydrogens (tertiary/aromatic N) is 1. The second-order valence-corrected chi connectivity index (χ2v) is 8.48. The maximum atomic E-state index is 12.6. The summed E-state index contributed by atoms with van der Waals surface area (Å²) in [5.74, 6) is 0.765. The number of thiophene rings is 1. The molecule has 1 aromatic heterocycles. The molecule has 0 spiro atoms. The zero-order chi connectivity index (χ0) is 17.2. The van der Waals surface area contributed by atoms with E-state index in [1.54, 1.807) is 11.3 Å². The Morgan fingerprint density at radius 3 is 2.52 bits per heavy atom. The number of benzene rings is 1. The van der Waals surface area contributed by atoms with Gasteiger partial charge in [-0.05, 0) is 66.3 Å². The molecule has 1 saturated carbocycles. The molecular weight excluding hydrogens is 352 g/mol. The lowest BCUT2D eigenvalue weighted by molar-refractivity contribution is 0.0912. The molecular formula is C20H23ClN2OS. The molecule has 132 valence electrons. The van der Waals surface area contributed by atoms with Crippen molar-refractivity contribution < 1.29 is 4.79 Å². The predicted octanol–water partition coefficient (Wildman–Crippen LogP) is 4.67. The molecule has 1 saturated heterocycles. The molecule has 0 unspecified atom stereocenters. The first kappa shape index (κ1) is 17.1. The van der Waals surface area contributed by atoms with Gasteiger partial charge in [0.2, 0.25) is 0 Å². The number of likely N-dealkylation sites (tertiary alicyclic amines) is 1. The summed E-state index contributed by atoms with van der Waals surface area (Å²) in [5.41, 5.74) is 2.56. The average Bonchev–Trinajstić information content (AvgIpc) is 3.35. The molecule has 2 aliphatic rings. The van der Waals surface area contributed by atoms with E-state index in [1.807, 2.05) is 12.1 Å². The summed E-state index contributed by atoms with van der Waals surface area (Å²) in [7, 11) is 0. The Kier molecular flexibility index (Phi) is 5.11. The van der Waals surface area contributed by atoms with Gasteiger partial charge in [0.25, 0.3) is 5.91 Å². The molecule has 0 atom stereocenters. The van der Waals surface area contributed by atoms with Crippen LogP contribution < -0.4 is 5.32 Å².